The number of piperidine rings is 1. The molecule has 0 aromatic carbocycles. The third-order valence-electron chi connectivity index (χ3n) is 3.33. The van der Waals surface area contributed by atoms with Crippen LogP contribution in [-0.2, 0) is 6.42 Å². The molecule has 90 valence electrons. The van der Waals surface area contributed by atoms with Gasteiger partial charge in [0, 0.05) is 12.6 Å². The molecule has 1 aliphatic heterocycles. The molecule has 2 aromatic heterocycles. The predicted octanol–water partition coefficient (Wildman–Crippen LogP) is 1.41. The van der Waals surface area contributed by atoms with Crippen LogP contribution < -0.4 is 5.32 Å². The summed E-state index contributed by atoms with van der Waals surface area (Å²) in [6.07, 6.45) is 5.09. The normalized spacial score (nSPS) is 20.9. The Balaban J connectivity index is 1.87. The largest absolute Gasteiger partial charge is 0.316 e. The first kappa shape index (κ1) is 10.7. The van der Waals surface area contributed by atoms with Crippen LogP contribution in [0.5, 0.6) is 0 Å². The highest BCUT2D eigenvalue weighted by Crippen LogP contribution is 2.16. The Morgan fingerprint density at radius 3 is 3.24 bits per heavy atom. The van der Waals surface area contributed by atoms with Crippen molar-refractivity contribution in [2.45, 2.75) is 19.3 Å². The molecule has 0 spiro atoms. The summed E-state index contributed by atoms with van der Waals surface area (Å²) in [7, 11) is 0. The van der Waals surface area contributed by atoms with Gasteiger partial charge in [0.1, 0.15) is 5.82 Å². The van der Waals surface area contributed by atoms with Gasteiger partial charge >= 0.3 is 0 Å². The van der Waals surface area contributed by atoms with Crippen molar-refractivity contribution in [2.75, 3.05) is 13.1 Å². The number of aromatic nitrogens is 3. The molecule has 0 radical (unpaired) electrons. The number of pyridine rings is 1. The van der Waals surface area contributed by atoms with Crippen LogP contribution in [-0.4, -0.2) is 27.7 Å². The first-order valence-electron chi connectivity index (χ1n) is 6.03. The molecule has 4 nitrogen and oxygen atoms in total. The van der Waals surface area contributed by atoms with Gasteiger partial charge in [-0.15, -0.1) is 10.2 Å². The molecule has 3 heterocycles. The first-order chi connectivity index (χ1) is 8.34. The second kappa shape index (κ2) is 4.41. The number of halogens is 1. The van der Waals surface area contributed by atoms with E-state index < -0.39 is 0 Å². The van der Waals surface area contributed by atoms with Crippen molar-refractivity contribution in [1.82, 2.24) is 19.9 Å². The van der Waals surface area contributed by atoms with Crippen LogP contribution in [0.3, 0.4) is 0 Å². The Morgan fingerprint density at radius 2 is 2.41 bits per heavy atom. The monoisotopic (exact) mass is 234 g/mol. The Bertz CT molecular complexity index is 516. The van der Waals surface area contributed by atoms with Crippen LogP contribution in [0.4, 0.5) is 4.39 Å². The molecule has 0 bridgehead atoms. The molecular formula is C12H15FN4. The van der Waals surface area contributed by atoms with Crippen molar-refractivity contribution in [3.05, 3.63) is 30.0 Å². The molecule has 0 amide bonds. The summed E-state index contributed by atoms with van der Waals surface area (Å²) in [6, 6.07) is 3.10. The molecular weight excluding hydrogens is 219 g/mol. The van der Waals surface area contributed by atoms with E-state index in [1.165, 1.54) is 18.9 Å². The molecule has 0 aliphatic carbocycles. The van der Waals surface area contributed by atoms with Gasteiger partial charge in [0.05, 0.1) is 0 Å². The summed E-state index contributed by atoms with van der Waals surface area (Å²) in [5, 5.41) is 11.4. The van der Waals surface area contributed by atoms with Crippen molar-refractivity contribution in [3.8, 4) is 0 Å². The number of hydrogen-bond donors (Lipinski definition) is 1. The molecule has 3 rings (SSSR count). The summed E-state index contributed by atoms with van der Waals surface area (Å²) >= 11 is 0. The fraction of sp³-hybridized carbons (Fsp3) is 0.500. The van der Waals surface area contributed by atoms with Crippen molar-refractivity contribution >= 4 is 5.65 Å². The van der Waals surface area contributed by atoms with E-state index in [2.05, 4.69) is 15.5 Å². The lowest BCUT2D eigenvalue weighted by Gasteiger charge is -2.21. The molecule has 1 atom stereocenters. The Labute approximate surface area is 98.9 Å². The van der Waals surface area contributed by atoms with Crippen LogP contribution in [0.2, 0.25) is 0 Å². The minimum atomic E-state index is -0.312. The van der Waals surface area contributed by atoms with E-state index in [1.54, 1.807) is 10.5 Å². The van der Waals surface area contributed by atoms with E-state index in [0.717, 1.165) is 25.3 Å². The maximum Gasteiger partial charge on any atom is 0.196 e. The maximum atomic E-state index is 13.4. The Kier molecular flexibility index (Phi) is 2.76. The van der Waals surface area contributed by atoms with Crippen LogP contribution in [0, 0.1) is 11.7 Å². The van der Waals surface area contributed by atoms with E-state index in [4.69, 9.17) is 0 Å². The number of fused-ring (bicyclic) bond motifs is 1. The minimum absolute atomic E-state index is 0.312. The van der Waals surface area contributed by atoms with Gasteiger partial charge in [-0.3, -0.25) is 4.40 Å². The van der Waals surface area contributed by atoms with Crippen molar-refractivity contribution < 1.29 is 4.39 Å². The van der Waals surface area contributed by atoms with Crippen molar-refractivity contribution in [2.24, 2.45) is 5.92 Å². The lowest BCUT2D eigenvalue weighted by Crippen LogP contribution is -2.31. The van der Waals surface area contributed by atoms with Crippen molar-refractivity contribution in [1.29, 1.82) is 0 Å². The van der Waals surface area contributed by atoms with Gasteiger partial charge in [-0.2, -0.15) is 0 Å². The van der Waals surface area contributed by atoms with E-state index in [-0.39, 0.29) is 5.82 Å². The first-order valence-corrected chi connectivity index (χ1v) is 6.03. The molecule has 5 heteroatoms. The van der Waals surface area contributed by atoms with Gasteiger partial charge in [-0.1, -0.05) is 0 Å². The molecule has 1 aliphatic rings. The zero-order valence-electron chi connectivity index (χ0n) is 9.56. The summed E-state index contributed by atoms with van der Waals surface area (Å²) in [4.78, 5) is 0. The highest BCUT2D eigenvalue weighted by Gasteiger charge is 2.17. The van der Waals surface area contributed by atoms with E-state index in [9.17, 15) is 4.39 Å². The lowest BCUT2D eigenvalue weighted by molar-refractivity contribution is 0.370. The minimum Gasteiger partial charge on any atom is -0.316 e. The number of hydrogen-bond acceptors (Lipinski definition) is 3. The second-order valence-electron chi connectivity index (χ2n) is 4.58. The molecule has 0 saturated carbocycles. The smallest absolute Gasteiger partial charge is 0.196 e. The van der Waals surface area contributed by atoms with Crippen LogP contribution in [0.1, 0.15) is 18.7 Å². The van der Waals surface area contributed by atoms with E-state index in [1.807, 2.05) is 6.20 Å². The van der Waals surface area contributed by atoms with Gasteiger partial charge in [0.25, 0.3) is 0 Å². The average molecular weight is 234 g/mol. The van der Waals surface area contributed by atoms with E-state index >= 15 is 0 Å². The summed E-state index contributed by atoms with van der Waals surface area (Å²) < 4.78 is 15.2. The average Bonchev–Trinajstić information content (AvgIpc) is 2.76. The van der Waals surface area contributed by atoms with Crippen LogP contribution in [0.15, 0.2) is 18.3 Å². The zero-order chi connectivity index (χ0) is 11.7. The van der Waals surface area contributed by atoms with E-state index in [0.29, 0.717) is 11.6 Å². The fourth-order valence-corrected chi connectivity index (χ4v) is 2.43. The molecule has 2 aromatic rings. The topological polar surface area (TPSA) is 42.2 Å². The van der Waals surface area contributed by atoms with Crippen LogP contribution in [0.25, 0.3) is 5.65 Å². The molecule has 1 fully saturated rings. The van der Waals surface area contributed by atoms with Gasteiger partial charge in [0.15, 0.2) is 11.5 Å². The highest BCUT2D eigenvalue weighted by molar-refractivity contribution is 5.39. The third kappa shape index (κ3) is 2.02. The second-order valence-corrected chi connectivity index (χ2v) is 4.58. The zero-order valence-corrected chi connectivity index (χ0v) is 9.56. The SMILES string of the molecule is Fc1cccn2c(CC3CCCNC3)nnc12. The fourth-order valence-electron chi connectivity index (χ4n) is 2.43. The third-order valence-corrected chi connectivity index (χ3v) is 3.33. The molecule has 1 saturated heterocycles. The Morgan fingerprint density at radius 1 is 1.47 bits per heavy atom. The summed E-state index contributed by atoms with van der Waals surface area (Å²) in [6.45, 7) is 2.12. The molecule has 1 unspecified atom stereocenters. The number of nitrogens with zero attached hydrogens (tertiary/aromatic N) is 3. The summed E-state index contributed by atoms with van der Waals surface area (Å²) in [5.41, 5.74) is 0.325. The number of nitrogens with one attached hydrogen (secondary N) is 1. The van der Waals surface area contributed by atoms with Crippen molar-refractivity contribution in [3.63, 3.8) is 0 Å². The van der Waals surface area contributed by atoms with Gasteiger partial charge < -0.3 is 5.32 Å². The maximum absolute atomic E-state index is 13.4. The van der Waals surface area contributed by atoms with Crippen LogP contribution >= 0.6 is 0 Å². The number of rotatable bonds is 2. The molecule has 1 N–H and O–H groups in total. The lowest BCUT2D eigenvalue weighted by atomic mass is 9.96. The predicted molar refractivity (Wildman–Crippen MR) is 62.2 cm³/mol. The highest BCUT2D eigenvalue weighted by atomic mass is 19.1. The quantitative estimate of drug-likeness (QED) is 0.854. The standard InChI is InChI=1S/C12H15FN4/c13-10-4-2-6-17-11(15-16-12(10)17)7-9-3-1-5-14-8-9/h2,4,6,9,14H,1,3,5,7-8H2. The summed E-state index contributed by atoms with van der Waals surface area (Å²) in [5.74, 6) is 1.13. The van der Waals surface area contributed by atoms with Gasteiger partial charge in [0.2, 0.25) is 0 Å². The molecule has 17 heavy (non-hydrogen) atoms. The Hall–Kier alpha value is -1.49. The van der Waals surface area contributed by atoms with Gasteiger partial charge in [-0.25, -0.2) is 4.39 Å². The van der Waals surface area contributed by atoms with Gasteiger partial charge in [-0.05, 0) is 44.0 Å².